The molecular formula is C43H29N. The highest BCUT2D eigenvalue weighted by Crippen LogP contribution is 2.54. The lowest BCUT2D eigenvalue weighted by molar-refractivity contribution is 0.666. The Labute approximate surface area is 256 Å². The monoisotopic (exact) mass is 559 g/mol. The third-order valence-electron chi connectivity index (χ3n) is 10.3. The van der Waals surface area contributed by atoms with Gasteiger partial charge in [-0.2, -0.15) is 0 Å². The zero-order valence-electron chi connectivity index (χ0n) is 24.7. The molecule has 1 aromatic heterocycles. The minimum absolute atomic E-state index is 0.0907. The van der Waals surface area contributed by atoms with E-state index in [1.807, 2.05) is 0 Å². The molecule has 206 valence electrons. The average molecular weight is 560 g/mol. The van der Waals surface area contributed by atoms with Gasteiger partial charge < -0.3 is 4.57 Å². The quantitative estimate of drug-likeness (QED) is 0.198. The molecule has 0 saturated heterocycles. The predicted octanol–water partition coefficient (Wildman–Crippen LogP) is 11.6. The first-order valence-electron chi connectivity index (χ1n) is 15.5. The molecule has 44 heavy (non-hydrogen) atoms. The van der Waals surface area contributed by atoms with Gasteiger partial charge in [0.2, 0.25) is 0 Å². The molecule has 8 aromatic rings. The van der Waals surface area contributed by atoms with E-state index in [2.05, 4.69) is 158 Å². The number of nitrogens with zero attached hydrogens (tertiary/aromatic N) is 1. The number of rotatable bonds is 2. The fraction of sp³-hybridized carbons (Fsp3) is 0.0698. The van der Waals surface area contributed by atoms with E-state index in [0.717, 1.165) is 0 Å². The van der Waals surface area contributed by atoms with Crippen LogP contribution in [-0.4, -0.2) is 4.57 Å². The summed E-state index contributed by atoms with van der Waals surface area (Å²) in [5.74, 6) is 0. The van der Waals surface area contributed by atoms with Crippen molar-refractivity contribution < 1.29 is 0 Å². The Morgan fingerprint density at radius 2 is 0.977 bits per heavy atom. The van der Waals surface area contributed by atoms with Crippen LogP contribution >= 0.6 is 0 Å². The number of fused-ring (bicyclic) bond motifs is 10. The second-order valence-corrected chi connectivity index (χ2v) is 12.9. The molecule has 10 rings (SSSR count). The molecule has 2 aliphatic carbocycles. The van der Waals surface area contributed by atoms with Crippen LogP contribution in [0, 0.1) is 0 Å². The lowest BCUT2D eigenvalue weighted by Gasteiger charge is -2.22. The van der Waals surface area contributed by atoms with E-state index in [-0.39, 0.29) is 5.41 Å². The number of aromatic nitrogens is 1. The molecule has 0 bridgehead atoms. The Hall–Kier alpha value is -5.40. The Bertz CT molecular complexity index is 2490. The average Bonchev–Trinajstić information content (AvgIpc) is 3.66. The maximum atomic E-state index is 2.51. The van der Waals surface area contributed by atoms with Crippen LogP contribution in [0.25, 0.3) is 82.8 Å². The van der Waals surface area contributed by atoms with Gasteiger partial charge in [0.05, 0.1) is 16.7 Å². The fourth-order valence-electron chi connectivity index (χ4n) is 8.53. The number of hydrogen-bond donors (Lipinski definition) is 0. The van der Waals surface area contributed by atoms with E-state index in [0.29, 0.717) is 0 Å². The highest BCUT2D eigenvalue weighted by molar-refractivity contribution is 6.19. The van der Waals surface area contributed by atoms with Crippen molar-refractivity contribution in [1.29, 1.82) is 0 Å². The first-order chi connectivity index (χ1) is 21.6. The van der Waals surface area contributed by atoms with Crippen molar-refractivity contribution in [2.24, 2.45) is 0 Å². The molecule has 0 fully saturated rings. The molecule has 0 aliphatic heterocycles. The lowest BCUT2D eigenvalue weighted by Crippen LogP contribution is -2.15. The first kappa shape index (κ1) is 24.1. The molecule has 7 aromatic carbocycles. The van der Waals surface area contributed by atoms with Gasteiger partial charge >= 0.3 is 0 Å². The van der Waals surface area contributed by atoms with E-state index in [1.165, 1.54) is 93.9 Å². The molecule has 1 heteroatoms. The highest BCUT2D eigenvalue weighted by Gasteiger charge is 2.38. The van der Waals surface area contributed by atoms with E-state index in [1.54, 1.807) is 0 Å². The molecule has 0 N–H and O–H groups in total. The fourth-order valence-corrected chi connectivity index (χ4v) is 8.53. The zero-order valence-corrected chi connectivity index (χ0v) is 24.7. The van der Waals surface area contributed by atoms with E-state index in [4.69, 9.17) is 0 Å². The van der Waals surface area contributed by atoms with Gasteiger partial charge in [0, 0.05) is 21.8 Å². The zero-order chi connectivity index (χ0) is 29.2. The van der Waals surface area contributed by atoms with Crippen molar-refractivity contribution in [3.63, 3.8) is 0 Å². The first-order valence-corrected chi connectivity index (χ1v) is 15.5. The Balaban J connectivity index is 1.29. The molecule has 1 nitrogen and oxygen atoms in total. The van der Waals surface area contributed by atoms with Crippen LogP contribution < -0.4 is 0 Å². The summed E-state index contributed by atoms with van der Waals surface area (Å²) in [6.45, 7) is 4.78. The van der Waals surface area contributed by atoms with Crippen LogP contribution in [0.5, 0.6) is 0 Å². The van der Waals surface area contributed by atoms with Gasteiger partial charge in [0.15, 0.2) is 0 Å². The smallest absolute Gasteiger partial charge is 0.0544 e. The molecule has 0 radical (unpaired) electrons. The molecule has 2 aliphatic rings. The largest absolute Gasteiger partial charge is 0.309 e. The van der Waals surface area contributed by atoms with Crippen LogP contribution in [0.3, 0.4) is 0 Å². The van der Waals surface area contributed by atoms with Gasteiger partial charge in [-0.05, 0) is 79.0 Å². The Morgan fingerprint density at radius 1 is 0.386 bits per heavy atom. The van der Waals surface area contributed by atoms with Crippen molar-refractivity contribution in [3.05, 3.63) is 151 Å². The maximum Gasteiger partial charge on any atom is 0.0544 e. The predicted molar refractivity (Wildman–Crippen MR) is 186 cm³/mol. The molecule has 0 amide bonds. The molecule has 0 atom stereocenters. The third kappa shape index (κ3) is 2.89. The van der Waals surface area contributed by atoms with Gasteiger partial charge in [0.1, 0.15) is 0 Å². The summed E-state index contributed by atoms with van der Waals surface area (Å²) >= 11 is 0. The van der Waals surface area contributed by atoms with E-state index in [9.17, 15) is 0 Å². The van der Waals surface area contributed by atoms with Gasteiger partial charge in [-0.15, -0.1) is 0 Å². The molecule has 1 heterocycles. The van der Waals surface area contributed by atoms with Crippen molar-refractivity contribution in [2.75, 3.05) is 0 Å². The number of para-hydroxylation sites is 2. The highest BCUT2D eigenvalue weighted by atomic mass is 15.0. The van der Waals surface area contributed by atoms with Crippen LogP contribution in [0.1, 0.15) is 25.0 Å². The van der Waals surface area contributed by atoms with Gasteiger partial charge in [-0.1, -0.05) is 135 Å². The standard InChI is InChI=1S/C43H29N/c1-43(2)36-19-8-5-14-29(36)34-24-25-39-41(42(34)43)35-16-7-10-21-38(35)44(39)37-20-9-6-15-30(37)28-22-23-33-27-13-4-3-12-26(27)31-17-11-18-32(28)40(31)33/h3-25H,1-2H3. The second-order valence-electron chi connectivity index (χ2n) is 12.9. The van der Waals surface area contributed by atoms with Crippen LogP contribution in [-0.2, 0) is 5.41 Å². The molecular weight excluding hydrogens is 530 g/mol. The van der Waals surface area contributed by atoms with E-state index >= 15 is 0 Å². The van der Waals surface area contributed by atoms with Crippen molar-refractivity contribution in [1.82, 2.24) is 4.57 Å². The maximum absolute atomic E-state index is 2.51. The van der Waals surface area contributed by atoms with Crippen molar-refractivity contribution >= 4 is 32.6 Å². The van der Waals surface area contributed by atoms with Crippen LogP contribution in [0.15, 0.2) is 140 Å². The SMILES string of the molecule is CC1(C)c2ccccc2-c2ccc3c(c21)c1ccccc1n3-c1ccccc1-c1ccc2c3c(cccc13)-c1ccccc1-2. The number of hydrogen-bond acceptors (Lipinski definition) is 0. The molecule has 0 unspecified atom stereocenters. The second kappa shape index (κ2) is 8.36. The summed E-state index contributed by atoms with van der Waals surface area (Å²) in [4.78, 5) is 0. The van der Waals surface area contributed by atoms with Crippen molar-refractivity contribution in [2.45, 2.75) is 19.3 Å². The lowest BCUT2D eigenvalue weighted by atomic mass is 9.80. The normalized spacial score (nSPS) is 13.9. The summed E-state index contributed by atoms with van der Waals surface area (Å²) in [5, 5.41) is 5.35. The Kier molecular flexibility index (Phi) is 4.58. The summed E-state index contributed by atoms with van der Waals surface area (Å²) in [7, 11) is 0. The minimum Gasteiger partial charge on any atom is -0.309 e. The molecule has 0 spiro atoms. The molecule has 0 saturated carbocycles. The van der Waals surface area contributed by atoms with Crippen molar-refractivity contribution in [3.8, 4) is 50.2 Å². The summed E-state index contributed by atoms with van der Waals surface area (Å²) < 4.78 is 2.51. The van der Waals surface area contributed by atoms with Gasteiger partial charge in [-0.3, -0.25) is 0 Å². The van der Waals surface area contributed by atoms with Gasteiger partial charge in [-0.25, -0.2) is 0 Å². The van der Waals surface area contributed by atoms with Crippen LogP contribution in [0.4, 0.5) is 0 Å². The summed E-state index contributed by atoms with van der Waals surface area (Å²) in [5.41, 5.74) is 17.1. The van der Waals surface area contributed by atoms with E-state index < -0.39 is 0 Å². The number of benzene rings is 7. The minimum atomic E-state index is -0.0907. The Morgan fingerprint density at radius 3 is 1.82 bits per heavy atom. The van der Waals surface area contributed by atoms with Crippen LogP contribution in [0.2, 0.25) is 0 Å². The summed E-state index contributed by atoms with van der Waals surface area (Å²) in [6, 6.07) is 51.9. The summed E-state index contributed by atoms with van der Waals surface area (Å²) in [6.07, 6.45) is 0. The third-order valence-corrected chi connectivity index (χ3v) is 10.3. The topological polar surface area (TPSA) is 4.93 Å². The van der Waals surface area contributed by atoms with Gasteiger partial charge in [0.25, 0.3) is 0 Å².